The Labute approximate surface area is 141 Å². The molecular weight excluding hydrogens is 314 g/mol. The van der Waals surface area contributed by atoms with Gasteiger partial charge in [0.25, 0.3) is 5.91 Å². The van der Waals surface area contributed by atoms with Gasteiger partial charge in [0.2, 0.25) is 5.91 Å². The van der Waals surface area contributed by atoms with E-state index in [4.69, 9.17) is 17.3 Å². The first kappa shape index (κ1) is 16.3. The molecule has 2 N–H and O–H groups in total. The van der Waals surface area contributed by atoms with Gasteiger partial charge < -0.3 is 10.6 Å². The van der Waals surface area contributed by atoms with Crippen molar-refractivity contribution in [3.8, 4) is 0 Å². The van der Waals surface area contributed by atoms with E-state index in [2.05, 4.69) is 4.90 Å². The van der Waals surface area contributed by atoms with Crippen LogP contribution in [0.5, 0.6) is 0 Å². The normalized spacial score (nSPS) is 23.2. The molecule has 0 saturated carbocycles. The molecule has 0 radical (unpaired) electrons. The minimum absolute atomic E-state index is 0.0121. The summed E-state index contributed by atoms with van der Waals surface area (Å²) in [4.78, 5) is 28.2. The summed E-state index contributed by atoms with van der Waals surface area (Å²) in [7, 11) is 0. The quantitative estimate of drug-likeness (QED) is 0.917. The molecule has 23 heavy (non-hydrogen) atoms. The first-order valence-corrected chi connectivity index (χ1v) is 8.54. The van der Waals surface area contributed by atoms with E-state index in [9.17, 15) is 9.59 Å². The van der Waals surface area contributed by atoms with Crippen LogP contribution in [-0.4, -0.2) is 53.3 Å². The minimum Gasteiger partial charge on any atom is -0.368 e. The van der Waals surface area contributed by atoms with Crippen LogP contribution in [0.15, 0.2) is 24.3 Å². The number of piperidine rings is 1. The Kier molecular flexibility index (Phi) is 4.87. The minimum atomic E-state index is -0.225. The smallest absolute Gasteiger partial charge is 0.255 e. The molecule has 0 unspecified atom stereocenters. The molecule has 124 valence electrons. The second-order valence-electron chi connectivity index (χ2n) is 6.30. The van der Waals surface area contributed by atoms with Crippen molar-refractivity contribution >= 4 is 23.4 Å². The maximum Gasteiger partial charge on any atom is 0.255 e. The Bertz CT molecular complexity index is 599. The van der Waals surface area contributed by atoms with E-state index >= 15 is 0 Å². The molecule has 2 heterocycles. The Hall–Kier alpha value is -1.59. The summed E-state index contributed by atoms with van der Waals surface area (Å²) in [5, 5.41) is 0.493. The van der Waals surface area contributed by atoms with Crippen LogP contribution < -0.4 is 5.73 Å². The van der Waals surface area contributed by atoms with Gasteiger partial charge in [-0.25, -0.2) is 0 Å². The standard InChI is InChI=1S/C17H22ClN3O2/c18-14-5-2-1-4-13(14)17(23)20-10-7-12(8-11-20)21-9-3-6-15(21)16(19)22/h1-2,4-5,12,15H,3,6-11H2,(H2,19,22)/t15-/m1/s1. The SMILES string of the molecule is NC(=O)[C@H]1CCCN1C1CCN(C(=O)c2ccccc2Cl)CC1. The highest BCUT2D eigenvalue weighted by atomic mass is 35.5. The predicted molar refractivity (Wildman–Crippen MR) is 89.3 cm³/mol. The summed E-state index contributed by atoms with van der Waals surface area (Å²) < 4.78 is 0. The molecule has 3 rings (SSSR count). The molecule has 6 heteroatoms. The molecule has 2 amide bonds. The van der Waals surface area contributed by atoms with Crippen LogP contribution in [0.3, 0.4) is 0 Å². The number of rotatable bonds is 3. The van der Waals surface area contributed by atoms with E-state index in [1.54, 1.807) is 12.1 Å². The lowest BCUT2D eigenvalue weighted by Gasteiger charge is -2.38. The number of amides is 2. The molecule has 0 aromatic heterocycles. The number of nitrogens with two attached hydrogens (primary N) is 1. The zero-order chi connectivity index (χ0) is 16.4. The van der Waals surface area contributed by atoms with E-state index in [-0.39, 0.29) is 17.9 Å². The average Bonchev–Trinajstić information content (AvgIpc) is 3.05. The molecule has 1 aromatic carbocycles. The van der Waals surface area contributed by atoms with Crippen LogP contribution in [-0.2, 0) is 4.79 Å². The van der Waals surface area contributed by atoms with Gasteiger partial charge in [-0.2, -0.15) is 0 Å². The fourth-order valence-electron chi connectivity index (χ4n) is 3.74. The Morgan fingerprint density at radius 1 is 1.09 bits per heavy atom. The van der Waals surface area contributed by atoms with E-state index in [1.807, 2.05) is 17.0 Å². The fraction of sp³-hybridized carbons (Fsp3) is 0.529. The van der Waals surface area contributed by atoms with Crippen molar-refractivity contribution in [2.75, 3.05) is 19.6 Å². The first-order chi connectivity index (χ1) is 11.1. The molecule has 2 aliphatic heterocycles. The predicted octanol–water partition coefficient (Wildman–Crippen LogP) is 1.89. The van der Waals surface area contributed by atoms with Crippen molar-refractivity contribution in [1.29, 1.82) is 0 Å². The molecule has 0 bridgehead atoms. The molecule has 0 aliphatic carbocycles. The lowest BCUT2D eigenvalue weighted by Crippen LogP contribution is -2.51. The zero-order valence-corrected chi connectivity index (χ0v) is 13.8. The lowest BCUT2D eigenvalue weighted by atomic mass is 10.0. The van der Waals surface area contributed by atoms with Crippen molar-refractivity contribution in [3.63, 3.8) is 0 Å². The van der Waals surface area contributed by atoms with Crippen molar-refractivity contribution < 1.29 is 9.59 Å². The second-order valence-corrected chi connectivity index (χ2v) is 6.71. The third kappa shape index (κ3) is 3.35. The number of hydrogen-bond acceptors (Lipinski definition) is 3. The number of likely N-dealkylation sites (tertiary alicyclic amines) is 2. The highest BCUT2D eigenvalue weighted by Gasteiger charge is 2.36. The Morgan fingerprint density at radius 2 is 1.78 bits per heavy atom. The molecule has 0 spiro atoms. The van der Waals surface area contributed by atoms with Crippen molar-refractivity contribution in [2.24, 2.45) is 5.73 Å². The van der Waals surface area contributed by atoms with E-state index in [1.165, 1.54) is 0 Å². The van der Waals surface area contributed by atoms with Gasteiger partial charge in [-0.15, -0.1) is 0 Å². The molecule has 5 nitrogen and oxygen atoms in total. The molecule has 2 fully saturated rings. The number of carbonyl (C=O) groups is 2. The number of benzene rings is 1. The average molecular weight is 336 g/mol. The van der Waals surface area contributed by atoms with Crippen molar-refractivity contribution in [1.82, 2.24) is 9.80 Å². The third-order valence-corrected chi connectivity index (χ3v) is 5.28. The zero-order valence-electron chi connectivity index (χ0n) is 13.1. The van der Waals surface area contributed by atoms with Gasteiger partial charge in [0, 0.05) is 19.1 Å². The summed E-state index contributed by atoms with van der Waals surface area (Å²) >= 11 is 6.12. The van der Waals surface area contributed by atoms with Gasteiger partial charge >= 0.3 is 0 Å². The summed E-state index contributed by atoms with van der Waals surface area (Å²) in [5.41, 5.74) is 6.06. The Balaban J connectivity index is 1.61. The fourth-order valence-corrected chi connectivity index (χ4v) is 3.95. The van der Waals surface area contributed by atoms with E-state index in [0.29, 0.717) is 29.7 Å². The summed E-state index contributed by atoms with van der Waals surface area (Å²) in [6.07, 6.45) is 3.63. The van der Waals surface area contributed by atoms with Gasteiger partial charge in [0.1, 0.15) is 0 Å². The number of primary amides is 1. The summed E-state index contributed by atoms with van der Waals surface area (Å²) in [6.45, 7) is 2.31. The van der Waals surface area contributed by atoms with Crippen molar-refractivity contribution in [2.45, 2.75) is 37.8 Å². The van der Waals surface area contributed by atoms with Gasteiger partial charge in [-0.3, -0.25) is 14.5 Å². The van der Waals surface area contributed by atoms with Crippen LogP contribution in [0.4, 0.5) is 0 Å². The van der Waals surface area contributed by atoms with Crippen LogP contribution >= 0.6 is 11.6 Å². The lowest BCUT2D eigenvalue weighted by molar-refractivity contribution is -0.123. The number of carbonyl (C=O) groups excluding carboxylic acids is 2. The highest BCUT2D eigenvalue weighted by Crippen LogP contribution is 2.27. The summed E-state index contributed by atoms with van der Waals surface area (Å²) in [5.74, 6) is -0.237. The van der Waals surface area contributed by atoms with E-state index in [0.717, 1.165) is 32.2 Å². The number of halogens is 1. The monoisotopic (exact) mass is 335 g/mol. The van der Waals surface area contributed by atoms with Crippen LogP contribution in [0.1, 0.15) is 36.0 Å². The Morgan fingerprint density at radius 3 is 2.43 bits per heavy atom. The molecule has 1 atom stereocenters. The number of hydrogen-bond donors (Lipinski definition) is 1. The second kappa shape index (κ2) is 6.89. The third-order valence-electron chi connectivity index (χ3n) is 4.95. The van der Waals surface area contributed by atoms with Crippen LogP contribution in [0, 0.1) is 0 Å². The van der Waals surface area contributed by atoms with Gasteiger partial charge in [0.05, 0.1) is 16.6 Å². The molecule has 1 aromatic rings. The largest absolute Gasteiger partial charge is 0.368 e. The van der Waals surface area contributed by atoms with Crippen molar-refractivity contribution in [3.05, 3.63) is 34.9 Å². The van der Waals surface area contributed by atoms with Gasteiger partial charge in [0.15, 0.2) is 0 Å². The molecular formula is C17H22ClN3O2. The highest BCUT2D eigenvalue weighted by molar-refractivity contribution is 6.33. The van der Waals surface area contributed by atoms with Gasteiger partial charge in [-0.05, 0) is 44.4 Å². The van der Waals surface area contributed by atoms with Crippen LogP contribution in [0.2, 0.25) is 5.02 Å². The summed E-state index contributed by atoms with van der Waals surface area (Å²) in [6, 6.07) is 7.36. The maximum absolute atomic E-state index is 12.6. The molecule has 2 saturated heterocycles. The number of nitrogens with zero attached hydrogens (tertiary/aromatic N) is 2. The van der Waals surface area contributed by atoms with Gasteiger partial charge in [-0.1, -0.05) is 23.7 Å². The maximum atomic E-state index is 12.6. The topological polar surface area (TPSA) is 66.6 Å². The van der Waals surface area contributed by atoms with Crippen LogP contribution in [0.25, 0.3) is 0 Å². The first-order valence-electron chi connectivity index (χ1n) is 8.17. The van der Waals surface area contributed by atoms with E-state index < -0.39 is 0 Å². The molecule has 2 aliphatic rings.